The second kappa shape index (κ2) is 5.65. The molecule has 0 aliphatic rings. The maximum atomic E-state index is 11.0. The minimum Gasteiger partial charge on any atom is -0.395 e. The van der Waals surface area contributed by atoms with Crippen molar-refractivity contribution >= 4 is 23.4 Å². The molecule has 1 aromatic rings. The number of aliphatic hydroxyl groups is 1. The quantitative estimate of drug-likeness (QED) is 0.467. The molecule has 0 aliphatic heterocycles. The monoisotopic (exact) mass is 256 g/mol. The Balaban J connectivity index is 3.15. The van der Waals surface area contributed by atoms with E-state index in [2.05, 4.69) is 0 Å². The number of rotatable bonds is 5. The molecule has 6 nitrogen and oxygen atoms in total. The molecule has 1 unspecified atom stereocenters. The summed E-state index contributed by atoms with van der Waals surface area (Å²) < 4.78 is 0. The predicted molar refractivity (Wildman–Crippen MR) is 64.0 cm³/mol. The highest BCUT2D eigenvalue weighted by Gasteiger charge is 2.18. The molecule has 1 amide bonds. The van der Waals surface area contributed by atoms with Crippen LogP contribution in [0, 0.1) is 10.1 Å². The number of nitro benzene ring substituents is 1. The lowest BCUT2D eigenvalue weighted by Crippen LogP contribution is -2.11. The van der Waals surface area contributed by atoms with Crippen LogP contribution in [0.3, 0.4) is 0 Å². The summed E-state index contributed by atoms with van der Waals surface area (Å²) in [6, 6.07) is 3.93. The first-order valence-electron chi connectivity index (χ1n) is 4.81. The van der Waals surface area contributed by atoms with Gasteiger partial charge in [0.25, 0.3) is 5.69 Å². The molecule has 0 spiro atoms. The Bertz CT molecular complexity index is 450. The van der Waals surface area contributed by atoms with E-state index in [0.717, 1.165) is 11.8 Å². The Morgan fingerprint density at radius 2 is 2.29 bits per heavy atom. The van der Waals surface area contributed by atoms with Gasteiger partial charge >= 0.3 is 0 Å². The Labute approximate surface area is 102 Å². The highest BCUT2D eigenvalue weighted by atomic mass is 32.2. The molecule has 0 heterocycles. The number of primary amides is 1. The van der Waals surface area contributed by atoms with Crippen LogP contribution in [0.1, 0.15) is 17.3 Å². The fourth-order valence-corrected chi connectivity index (χ4v) is 2.13. The van der Waals surface area contributed by atoms with E-state index < -0.39 is 10.8 Å². The number of hydrogen-bond acceptors (Lipinski definition) is 5. The zero-order valence-corrected chi connectivity index (χ0v) is 9.94. The molecule has 1 aromatic carbocycles. The molecule has 1 rings (SSSR count). The molecule has 0 aromatic heterocycles. The van der Waals surface area contributed by atoms with Crippen LogP contribution in [0.25, 0.3) is 0 Å². The molecular weight excluding hydrogens is 244 g/mol. The number of thioether (sulfide) groups is 1. The molecule has 1 atom stereocenters. The van der Waals surface area contributed by atoms with Crippen LogP contribution in [0.5, 0.6) is 0 Å². The SMILES string of the molecule is CC(CO)Sc1cc(C(N)=O)ccc1[N+](=O)[O-]. The smallest absolute Gasteiger partial charge is 0.282 e. The van der Waals surface area contributed by atoms with Gasteiger partial charge in [0.15, 0.2) is 0 Å². The summed E-state index contributed by atoms with van der Waals surface area (Å²) in [6.45, 7) is 1.62. The molecular formula is C10H12N2O4S. The zero-order chi connectivity index (χ0) is 13.0. The van der Waals surface area contributed by atoms with Crippen LogP contribution in [-0.2, 0) is 0 Å². The van der Waals surface area contributed by atoms with Crippen molar-refractivity contribution in [2.45, 2.75) is 17.1 Å². The van der Waals surface area contributed by atoms with Gasteiger partial charge in [-0.3, -0.25) is 14.9 Å². The second-order valence-electron chi connectivity index (χ2n) is 3.41. The van der Waals surface area contributed by atoms with Gasteiger partial charge in [0, 0.05) is 16.9 Å². The number of nitro groups is 1. The van der Waals surface area contributed by atoms with E-state index in [0.29, 0.717) is 4.90 Å². The van der Waals surface area contributed by atoms with Crippen LogP contribution in [0.2, 0.25) is 0 Å². The highest BCUT2D eigenvalue weighted by Crippen LogP contribution is 2.32. The summed E-state index contributed by atoms with van der Waals surface area (Å²) >= 11 is 1.13. The minimum absolute atomic E-state index is 0.0969. The molecule has 3 N–H and O–H groups in total. The van der Waals surface area contributed by atoms with E-state index in [1.807, 2.05) is 0 Å². The summed E-state index contributed by atoms with van der Waals surface area (Å²) in [5.41, 5.74) is 5.22. The normalized spacial score (nSPS) is 12.1. The standard InChI is InChI=1S/C10H12N2O4S/c1-6(5-13)17-9-4-7(10(11)14)2-3-8(9)12(15)16/h2-4,6,13H,5H2,1H3,(H2,11,14). The number of nitrogens with zero attached hydrogens (tertiary/aromatic N) is 1. The fraction of sp³-hybridized carbons (Fsp3) is 0.300. The minimum atomic E-state index is -0.640. The summed E-state index contributed by atoms with van der Waals surface area (Å²) in [5, 5.41) is 19.5. The highest BCUT2D eigenvalue weighted by molar-refractivity contribution is 8.00. The topological polar surface area (TPSA) is 106 Å². The van der Waals surface area contributed by atoms with Gasteiger partial charge in [0.05, 0.1) is 16.4 Å². The number of nitrogens with two attached hydrogens (primary N) is 1. The Hall–Kier alpha value is -1.60. The Morgan fingerprint density at radius 1 is 1.65 bits per heavy atom. The van der Waals surface area contributed by atoms with Crippen molar-refractivity contribution in [3.8, 4) is 0 Å². The molecule has 0 bridgehead atoms. The van der Waals surface area contributed by atoms with Crippen molar-refractivity contribution in [1.29, 1.82) is 0 Å². The number of carbonyl (C=O) groups is 1. The number of carbonyl (C=O) groups excluding carboxylic acids is 1. The molecule has 0 aliphatic carbocycles. The van der Waals surface area contributed by atoms with Crippen molar-refractivity contribution in [3.63, 3.8) is 0 Å². The van der Waals surface area contributed by atoms with E-state index in [4.69, 9.17) is 10.8 Å². The lowest BCUT2D eigenvalue weighted by atomic mass is 10.2. The van der Waals surface area contributed by atoms with Crippen molar-refractivity contribution in [2.75, 3.05) is 6.61 Å². The van der Waals surface area contributed by atoms with Gasteiger partial charge in [-0.15, -0.1) is 11.8 Å². The van der Waals surface area contributed by atoms with E-state index in [1.54, 1.807) is 6.92 Å². The van der Waals surface area contributed by atoms with E-state index in [9.17, 15) is 14.9 Å². The zero-order valence-electron chi connectivity index (χ0n) is 9.12. The second-order valence-corrected chi connectivity index (χ2v) is 4.90. The fourth-order valence-electron chi connectivity index (χ4n) is 1.17. The average molecular weight is 256 g/mol. The van der Waals surface area contributed by atoms with Gasteiger partial charge in [-0.05, 0) is 12.1 Å². The molecule has 0 saturated heterocycles. The first kappa shape index (κ1) is 13.5. The molecule has 0 saturated carbocycles. The van der Waals surface area contributed by atoms with Crippen molar-refractivity contribution in [2.24, 2.45) is 5.73 Å². The van der Waals surface area contributed by atoms with Crippen LogP contribution < -0.4 is 5.73 Å². The lowest BCUT2D eigenvalue weighted by Gasteiger charge is -2.08. The third kappa shape index (κ3) is 3.43. The lowest BCUT2D eigenvalue weighted by molar-refractivity contribution is -0.387. The largest absolute Gasteiger partial charge is 0.395 e. The first-order valence-corrected chi connectivity index (χ1v) is 5.69. The third-order valence-electron chi connectivity index (χ3n) is 2.03. The predicted octanol–water partition coefficient (Wildman–Crippen LogP) is 1.17. The maximum Gasteiger partial charge on any atom is 0.282 e. The van der Waals surface area contributed by atoms with Crippen molar-refractivity contribution in [3.05, 3.63) is 33.9 Å². The van der Waals surface area contributed by atoms with Gasteiger partial charge in [-0.2, -0.15) is 0 Å². The van der Waals surface area contributed by atoms with Crippen LogP contribution in [0.15, 0.2) is 23.1 Å². The average Bonchev–Trinajstić information content (AvgIpc) is 2.28. The number of amides is 1. The first-order chi connectivity index (χ1) is 7.95. The number of benzene rings is 1. The molecule has 0 fully saturated rings. The van der Waals surface area contributed by atoms with E-state index >= 15 is 0 Å². The van der Waals surface area contributed by atoms with Crippen LogP contribution in [0.4, 0.5) is 5.69 Å². The number of aliphatic hydroxyl groups excluding tert-OH is 1. The van der Waals surface area contributed by atoms with E-state index in [1.165, 1.54) is 18.2 Å². The van der Waals surface area contributed by atoms with Crippen molar-refractivity contribution in [1.82, 2.24) is 0 Å². The number of hydrogen-bond donors (Lipinski definition) is 2. The summed E-state index contributed by atoms with van der Waals surface area (Å²) in [6.07, 6.45) is 0. The molecule has 0 radical (unpaired) electrons. The van der Waals surface area contributed by atoms with Crippen molar-refractivity contribution < 1.29 is 14.8 Å². The Kier molecular flexibility index (Phi) is 4.47. The summed E-state index contributed by atoms with van der Waals surface area (Å²) in [5.74, 6) is -0.640. The van der Waals surface area contributed by atoms with Gasteiger partial charge in [-0.25, -0.2) is 0 Å². The molecule has 7 heteroatoms. The van der Waals surface area contributed by atoms with Gasteiger partial charge in [-0.1, -0.05) is 6.92 Å². The van der Waals surface area contributed by atoms with Crippen LogP contribution >= 0.6 is 11.8 Å². The summed E-state index contributed by atoms with van der Waals surface area (Å²) in [7, 11) is 0. The van der Waals surface area contributed by atoms with Gasteiger partial charge in [0.1, 0.15) is 0 Å². The summed E-state index contributed by atoms with van der Waals surface area (Å²) in [4.78, 5) is 21.6. The Morgan fingerprint density at radius 3 is 2.76 bits per heavy atom. The van der Waals surface area contributed by atoms with Crippen LogP contribution in [-0.4, -0.2) is 27.8 Å². The van der Waals surface area contributed by atoms with Gasteiger partial charge in [0.2, 0.25) is 5.91 Å². The van der Waals surface area contributed by atoms with Gasteiger partial charge < -0.3 is 10.8 Å². The molecule has 92 valence electrons. The maximum absolute atomic E-state index is 11.0. The molecule has 17 heavy (non-hydrogen) atoms. The third-order valence-corrected chi connectivity index (χ3v) is 3.16. The van der Waals surface area contributed by atoms with E-state index in [-0.39, 0.29) is 23.1 Å².